The van der Waals surface area contributed by atoms with Gasteiger partial charge in [0.2, 0.25) is 11.8 Å². The van der Waals surface area contributed by atoms with Crippen molar-refractivity contribution in [1.29, 1.82) is 0 Å². The molecule has 0 atom stereocenters. The summed E-state index contributed by atoms with van der Waals surface area (Å²) in [4.78, 5) is 28.6. The average molecular weight is 431 g/mol. The van der Waals surface area contributed by atoms with Gasteiger partial charge in [0.15, 0.2) is 0 Å². The Morgan fingerprint density at radius 2 is 1.76 bits per heavy atom. The molecule has 29 heavy (non-hydrogen) atoms. The van der Waals surface area contributed by atoms with Crippen LogP contribution in [0.15, 0.2) is 54.6 Å². The molecule has 2 aliphatic heterocycles. The summed E-state index contributed by atoms with van der Waals surface area (Å²) in [6.45, 7) is 1.75. The predicted octanol–water partition coefficient (Wildman–Crippen LogP) is 3.96. The van der Waals surface area contributed by atoms with Gasteiger partial charge in [-0.05, 0) is 42.7 Å². The number of hydrogen-bond donors (Lipinski definition) is 0. The molecule has 0 N–H and O–H groups in total. The van der Waals surface area contributed by atoms with Gasteiger partial charge in [0.1, 0.15) is 6.61 Å². The van der Waals surface area contributed by atoms with E-state index in [9.17, 15) is 9.59 Å². The molecule has 152 valence electrons. The fraction of sp³-hybridized carbons (Fsp3) is 0.364. The summed E-state index contributed by atoms with van der Waals surface area (Å²) in [6.07, 6.45) is 1.49. The summed E-state index contributed by atoms with van der Waals surface area (Å²) in [6, 6.07) is 17.2. The second-order valence-corrected chi connectivity index (χ2v) is 9.07. The van der Waals surface area contributed by atoms with Gasteiger partial charge in [-0.1, -0.05) is 41.9 Å². The van der Waals surface area contributed by atoms with Crippen molar-refractivity contribution in [3.8, 4) is 0 Å². The fourth-order valence-electron chi connectivity index (χ4n) is 3.92. The number of hydrogen-bond acceptors (Lipinski definition) is 4. The maximum atomic E-state index is 12.6. The number of carbonyl (C=O) groups excluding carboxylic acids is 2. The maximum Gasteiger partial charge on any atom is 0.248 e. The minimum Gasteiger partial charge on any atom is -0.367 e. The van der Waals surface area contributed by atoms with Crippen molar-refractivity contribution in [3.05, 3.63) is 65.2 Å². The lowest BCUT2D eigenvalue weighted by molar-refractivity contribution is -0.137. The molecule has 1 spiro atoms. The second-order valence-electron chi connectivity index (χ2n) is 7.30. The Kier molecular flexibility index (Phi) is 6.13. The van der Waals surface area contributed by atoms with E-state index in [2.05, 4.69) is 0 Å². The van der Waals surface area contributed by atoms with E-state index in [1.54, 1.807) is 11.8 Å². The van der Waals surface area contributed by atoms with E-state index < -0.39 is 0 Å². The SMILES string of the molecule is O=C(COCc1ccccc1)N1CCC2(CC1)SCC(=O)N2c1ccc(Cl)cc1. The predicted molar refractivity (Wildman–Crippen MR) is 116 cm³/mol. The summed E-state index contributed by atoms with van der Waals surface area (Å²) in [7, 11) is 0. The lowest BCUT2D eigenvalue weighted by Crippen LogP contribution is -2.53. The zero-order valence-electron chi connectivity index (χ0n) is 16.1. The molecule has 0 unspecified atom stereocenters. The number of nitrogens with zero attached hydrogens (tertiary/aromatic N) is 2. The zero-order valence-corrected chi connectivity index (χ0v) is 17.6. The quantitative estimate of drug-likeness (QED) is 0.720. The summed E-state index contributed by atoms with van der Waals surface area (Å²) < 4.78 is 5.60. The number of rotatable bonds is 5. The monoisotopic (exact) mass is 430 g/mol. The lowest BCUT2D eigenvalue weighted by Gasteiger charge is -2.44. The van der Waals surface area contributed by atoms with Crippen LogP contribution >= 0.6 is 23.4 Å². The molecule has 0 aromatic heterocycles. The molecule has 0 saturated carbocycles. The molecule has 2 aromatic rings. The molecule has 2 fully saturated rings. The highest BCUT2D eigenvalue weighted by atomic mass is 35.5. The Bertz CT molecular complexity index is 867. The van der Waals surface area contributed by atoms with E-state index >= 15 is 0 Å². The fourth-order valence-corrected chi connectivity index (χ4v) is 5.37. The summed E-state index contributed by atoms with van der Waals surface area (Å²) in [5, 5.41) is 0.651. The molecule has 2 aromatic carbocycles. The number of likely N-dealkylation sites (tertiary alicyclic amines) is 1. The van der Waals surface area contributed by atoms with Crippen molar-refractivity contribution in [3.63, 3.8) is 0 Å². The molecular formula is C22H23ClN2O3S. The number of halogens is 1. The summed E-state index contributed by atoms with van der Waals surface area (Å²) in [5.74, 6) is 0.586. The molecule has 0 bridgehead atoms. The van der Waals surface area contributed by atoms with Crippen LogP contribution in [0.2, 0.25) is 5.02 Å². The van der Waals surface area contributed by atoms with Crippen molar-refractivity contribution < 1.29 is 14.3 Å². The van der Waals surface area contributed by atoms with Crippen molar-refractivity contribution in [1.82, 2.24) is 4.90 Å². The molecule has 2 heterocycles. The number of benzene rings is 2. The van der Waals surface area contributed by atoms with Crippen molar-refractivity contribution >= 4 is 40.9 Å². The van der Waals surface area contributed by atoms with Gasteiger partial charge in [-0.2, -0.15) is 0 Å². The minimum atomic E-state index is -0.285. The van der Waals surface area contributed by atoms with E-state index in [1.165, 1.54) is 0 Å². The molecular weight excluding hydrogens is 408 g/mol. The number of ether oxygens (including phenoxy) is 1. The van der Waals surface area contributed by atoms with Crippen LogP contribution in [0.4, 0.5) is 5.69 Å². The number of carbonyl (C=O) groups is 2. The summed E-state index contributed by atoms with van der Waals surface area (Å²) >= 11 is 7.69. The van der Waals surface area contributed by atoms with Crippen LogP contribution in [0.5, 0.6) is 0 Å². The molecule has 0 radical (unpaired) electrons. The smallest absolute Gasteiger partial charge is 0.248 e. The van der Waals surface area contributed by atoms with Crippen LogP contribution in [0, 0.1) is 0 Å². The molecule has 5 nitrogen and oxygen atoms in total. The maximum absolute atomic E-state index is 12.6. The highest BCUT2D eigenvalue weighted by Gasteiger charge is 2.49. The molecule has 0 aliphatic carbocycles. The summed E-state index contributed by atoms with van der Waals surface area (Å²) in [5.41, 5.74) is 1.92. The van der Waals surface area contributed by atoms with Crippen molar-refractivity contribution in [2.75, 3.05) is 30.3 Å². The van der Waals surface area contributed by atoms with Crippen LogP contribution in [0.25, 0.3) is 0 Å². The second kappa shape index (κ2) is 8.78. The van der Waals surface area contributed by atoms with Gasteiger partial charge in [0, 0.05) is 23.8 Å². The Labute approximate surface area is 180 Å². The molecule has 2 aliphatic rings. The van der Waals surface area contributed by atoms with E-state index in [0.29, 0.717) is 30.5 Å². The zero-order chi connectivity index (χ0) is 20.3. The highest BCUT2D eigenvalue weighted by molar-refractivity contribution is 8.02. The normalized spacial score (nSPS) is 18.4. The third-order valence-corrected chi connectivity index (χ3v) is 7.21. The van der Waals surface area contributed by atoms with Crippen molar-refractivity contribution in [2.24, 2.45) is 0 Å². The standard InChI is InChI=1S/C22H23ClN2O3S/c23-18-6-8-19(9-7-18)25-21(27)16-29-22(25)10-12-24(13-11-22)20(26)15-28-14-17-4-2-1-3-5-17/h1-9H,10-16H2. The first-order chi connectivity index (χ1) is 14.1. The van der Waals surface area contributed by atoms with E-state index in [0.717, 1.165) is 24.1 Å². The topological polar surface area (TPSA) is 49.9 Å². The first kappa shape index (κ1) is 20.3. The van der Waals surface area contributed by atoms with E-state index in [-0.39, 0.29) is 23.3 Å². The molecule has 2 amide bonds. The number of thioether (sulfide) groups is 1. The molecule has 4 rings (SSSR count). The van der Waals surface area contributed by atoms with Gasteiger partial charge in [0.05, 0.1) is 17.2 Å². The average Bonchev–Trinajstić information content (AvgIpc) is 3.05. The van der Waals surface area contributed by atoms with Gasteiger partial charge >= 0.3 is 0 Å². The third kappa shape index (κ3) is 4.44. The van der Waals surface area contributed by atoms with Crippen LogP contribution in [0.1, 0.15) is 18.4 Å². The first-order valence-electron chi connectivity index (χ1n) is 9.69. The first-order valence-corrected chi connectivity index (χ1v) is 11.1. The Hall–Kier alpha value is -2.02. The number of anilines is 1. The van der Waals surface area contributed by atoms with Gasteiger partial charge in [0.25, 0.3) is 0 Å². The minimum absolute atomic E-state index is 0.00291. The van der Waals surface area contributed by atoms with Crippen LogP contribution in [-0.4, -0.2) is 47.0 Å². The van der Waals surface area contributed by atoms with Gasteiger partial charge < -0.3 is 9.64 Å². The Balaban J connectivity index is 1.34. The van der Waals surface area contributed by atoms with E-state index in [1.807, 2.05) is 64.4 Å². The Morgan fingerprint density at radius 3 is 2.45 bits per heavy atom. The van der Waals surface area contributed by atoms with Crippen LogP contribution < -0.4 is 4.90 Å². The molecule has 2 saturated heterocycles. The largest absolute Gasteiger partial charge is 0.367 e. The van der Waals surface area contributed by atoms with Gasteiger partial charge in [-0.15, -0.1) is 11.8 Å². The van der Waals surface area contributed by atoms with Crippen molar-refractivity contribution in [2.45, 2.75) is 24.3 Å². The van der Waals surface area contributed by atoms with Gasteiger partial charge in [-0.3, -0.25) is 14.5 Å². The number of piperidine rings is 1. The van der Waals surface area contributed by atoms with E-state index in [4.69, 9.17) is 16.3 Å². The van der Waals surface area contributed by atoms with Gasteiger partial charge in [-0.25, -0.2) is 0 Å². The molecule has 7 heteroatoms. The highest BCUT2D eigenvalue weighted by Crippen LogP contribution is 2.46. The van der Waals surface area contributed by atoms with Crippen LogP contribution in [-0.2, 0) is 20.9 Å². The van der Waals surface area contributed by atoms with Crippen LogP contribution in [0.3, 0.4) is 0 Å². The Morgan fingerprint density at radius 1 is 1.07 bits per heavy atom. The number of amides is 2. The lowest BCUT2D eigenvalue weighted by atomic mass is 10.0. The third-order valence-electron chi connectivity index (χ3n) is 5.44.